The SMILES string of the molecule is CNC(=O)C(=O)C(CC1CCC1)NC(=O)[C@@H]1[C@@H]2[C@H](CN1C(=O)[C@@H](NC(=O)N[C@H](CNCc1sccc1S(=O)O)C(C)(C)C)C1CCCCC1)C2(C)C. The van der Waals surface area contributed by atoms with Gasteiger partial charge in [0.2, 0.25) is 17.6 Å². The van der Waals surface area contributed by atoms with E-state index in [4.69, 9.17) is 0 Å². The summed E-state index contributed by atoms with van der Waals surface area (Å²) in [4.78, 5) is 70.9. The van der Waals surface area contributed by atoms with E-state index in [9.17, 15) is 32.7 Å². The van der Waals surface area contributed by atoms with Crippen LogP contribution in [0.5, 0.6) is 0 Å². The van der Waals surface area contributed by atoms with Crippen LogP contribution >= 0.6 is 11.3 Å². The Bertz CT molecular complexity index is 1520. The van der Waals surface area contributed by atoms with E-state index in [1.807, 2.05) is 20.8 Å². The normalized spacial score (nSPS) is 25.1. The van der Waals surface area contributed by atoms with Gasteiger partial charge in [0.15, 0.2) is 11.1 Å². The molecular formula is C37H58N6O7S2. The maximum Gasteiger partial charge on any atom is 0.315 e. The van der Waals surface area contributed by atoms with Gasteiger partial charge in [-0.3, -0.25) is 19.2 Å². The molecule has 15 heteroatoms. The van der Waals surface area contributed by atoms with E-state index in [0.29, 0.717) is 31.0 Å². The molecule has 1 aliphatic heterocycles. The van der Waals surface area contributed by atoms with Crippen LogP contribution in [0.25, 0.3) is 0 Å². The minimum absolute atomic E-state index is 0.0929. The molecule has 7 atom stereocenters. The summed E-state index contributed by atoms with van der Waals surface area (Å²) in [5.74, 6) is -1.95. The zero-order valence-electron chi connectivity index (χ0n) is 31.4. The predicted octanol–water partition coefficient (Wildman–Crippen LogP) is 3.55. The molecule has 5 rings (SSSR count). The summed E-state index contributed by atoms with van der Waals surface area (Å²) in [6, 6.07) is -1.80. The van der Waals surface area contributed by atoms with Gasteiger partial charge in [-0.25, -0.2) is 9.00 Å². The standard InChI is InChI=1S/C37H58N6O7S2/c1-36(2,3)27(19-39-18-25-26(52(49)50)15-16-51-25)41-35(48)42-29(22-13-8-7-9-14-22)34(47)43-20-23-28(37(23,4)5)30(43)32(45)40-24(17-21-11-10-12-21)31(44)33(46)38-6/h15-16,21-24,27-30,39H,7-14,17-20H2,1-6H3,(H,38,46)(H,40,45)(H,49,50)(H2,41,42,48)/t23-,24?,27+,28-,29-,30-/m0/s1. The first kappa shape index (κ1) is 40.3. The van der Waals surface area contributed by atoms with Gasteiger partial charge < -0.3 is 36.0 Å². The molecule has 4 aliphatic rings. The largest absolute Gasteiger partial charge is 0.353 e. The van der Waals surface area contributed by atoms with Crippen molar-refractivity contribution in [2.45, 2.75) is 128 Å². The molecule has 1 aromatic rings. The number of likely N-dealkylation sites (tertiary alicyclic amines) is 1. The van der Waals surface area contributed by atoms with Crippen LogP contribution in [0.4, 0.5) is 4.79 Å². The first-order valence-corrected chi connectivity index (χ1v) is 20.8. The summed E-state index contributed by atoms with van der Waals surface area (Å²) in [5.41, 5.74) is -0.527. The van der Waals surface area contributed by atoms with Crippen molar-refractivity contribution in [2.24, 2.45) is 34.5 Å². The monoisotopic (exact) mass is 762 g/mol. The summed E-state index contributed by atoms with van der Waals surface area (Å²) < 4.78 is 21.3. The molecule has 2 unspecified atom stereocenters. The molecule has 5 amide bonds. The molecule has 1 aromatic heterocycles. The Hall–Kier alpha value is -2.88. The number of fused-ring (bicyclic) bond motifs is 1. The minimum atomic E-state index is -2.08. The van der Waals surface area contributed by atoms with E-state index in [1.54, 1.807) is 16.3 Å². The summed E-state index contributed by atoms with van der Waals surface area (Å²) in [6.45, 7) is 11.4. The van der Waals surface area contributed by atoms with E-state index in [-0.39, 0.29) is 46.5 Å². The number of thiophene rings is 1. The topological polar surface area (TPSA) is 186 Å². The molecule has 0 spiro atoms. The second-order valence-corrected chi connectivity index (χ2v) is 18.9. The molecule has 290 valence electrons. The lowest BCUT2D eigenvalue weighted by Gasteiger charge is -2.38. The molecule has 3 aliphatic carbocycles. The van der Waals surface area contributed by atoms with E-state index < -0.39 is 52.8 Å². The number of piperidine rings is 1. The highest BCUT2D eigenvalue weighted by Gasteiger charge is 2.69. The zero-order valence-corrected chi connectivity index (χ0v) is 33.1. The number of amides is 5. The first-order chi connectivity index (χ1) is 24.5. The van der Waals surface area contributed by atoms with Gasteiger partial charge in [-0.05, 0) is 65.2 Å². The molecule has 1 saturated heterocycles. The lowest BCUT2D eigenvalue weighted by Crippen LogP contribution is -2.61. The maximum atomic E-state index is 14.7. The van der Waals surface area contributed by atoms with Crippen LogP contribution in [0.15, 0.2) is 16.3 Å². The van der Waals surface area contributed by atoms with Crippen LogP contribution in [0, 0.1) is 34.5 Å². The van der Waals surface area contributed by atoms with Gasteiger partial charge in [0.1, 0.15) is 12.1 Å². The number of likely N-dealkylation sites (N-methyl/N-ethyl adjacent to an activating group) is 1. The molecule has 0 bridgehead atoms. The van der Waals surface area contributed by atoms with Crippen LogP contribution in [-0.4, -0.2) is 87.5 Å². The highest BCUT2D eigenvalue weighted by molar-refractivity contribution is 7.79. The fourth-order valence-electron chi connectivity index (χ4n) is 8.53. The summed E-state index contributed by atoms with van der Waals surface area (Å²) in [7, 11) is 1.40. The lowest BCUT2D eigenvalue weighted by molar-refractivity contribution is -0.145. The number of hydrogen-bond donors (Lipinski definition) is 6. The highest BCUT2D eigenvalue weighted by atomic mass is 32.2. The molecule has 0 aromatic carbocycles. The van der Waals surface area contributed by atoms with Crippen molar-refractivity contribution in [1.82, 2.24) is 31.5 Å². The number of hydrogen-bond acceptors (Lipinski definition) is 8. The van der Waals surface area contributed by atoms with Crippen LogP contribution < -0.4 is 26.6 Å². The molecule has 4 fully saturated rings. The van der Waals surface area contributed by atoms with Gasteiger partial charge >= 0.3 is 6.03 Å². The molecular weight excluding hydrogens is 705 g/mol. The van der Waals surface area contributed by atoms with E-state index in [2.05, 4.69) is 40.4 Å². The van der Waals surface area contributed by atoms with Gasteiger partial charge in [0.05, 0.1) is 10.9 Å². The second-order valence-electron chi connectivity index (χ2n) is 16.9. The third-order valence-electron chi connectivity index (χ3n) is 12.2. The van der Waals surface area contributed by atoms with Gasteiger partial charge in [0.25, 0.3) is 5.91 Å². The third-order valence-corrected chi connectivity index (χ3v) is 14.0. The Morgan fingerprint density at radius 2 is 1.71 bits per heavy atom. The Balaban J connectivity index is 1.31. The number of carbonyl (C=O) groups excluding carboxylic acids is 5. The number of rotatable bonds is 15. The van der Waals surface area contributed by atoms with Crippen molar-refractivity contribution < 1.29 is 32.7 Å². The summed E-state index contributed by atoms with van der Waals surface area (Å²) >= 11 is -0.697. The first-order valence-electron chi connectivity index (χ1n) is 18.9. The van der Waals surface area contributed by atoms with Crippen molar-refractivity contribution in [3.8, 4) is 0 Å². The number of carbonyl (C=O) groups is 5. The van der Waals surface area contributed by atoms with Gasteiger partial charge in [-0.15, -0.1) is 11.3 Å². The quantitative estimate of drug-likeness (QED) is 0.116. The van der Waals surface area contributed by atoms with E-state index in [1.165, 1.54) is 18.4 Å². The fraction of sp³-hybridized carbons (Fsp3) is 0.757. The van der Waals surface area contributed by atoms with Gasteiger partial charge in [-0.1, -0.05) is 73.1 Å². The number of ketones is 1. The van der Waals surface area contributed by atoms with Crippen LogP contribution in [0.3, 0.4) is 0 Å². The van der Waals surface area contributed by atoms with E-state index >= 15 is 0 Å². The van der Waals surface area contributed by atoms with Crippen molar-refractivity contribution >= 4 is 52.0 Å². The Morgan fingerprint density at radius 1 is 1.02 bits per heavy atom. The third kappa shape index (κ3) is 9.07. The van der Waals surface area contributed by atoms with Crippen LogP contribution in [0.1, 0.15) is 97.3 Å². The molecule has 6 N–H and O–H groups in total. The van der Waals surface area contributed by atoms with Crippen LogP contribution in [-0.2, 0) is 36.8 Å². The number of nitrogens with zero attached hydrogens (tertiary/aromatic N) is 1. The maximum absolute atomic E-state index is 14.7. The Kier molecular flexibility index (Phi) is 12.9. The molecule has 13 nitrogen and oxygen atoms in total. The van der Waals surface area contributed by atoms with E-state index in [0.717, 1.165) is 56.2 Å². The summed E-state index contributed by atoms with van der Waals surface area (Å²) in [5, 5.41) is 16.5. The number of Topliss-reactive ketones (excluding diaryl/α,β-unsaturated/α-hetero) is 1. The van der Waals surface area contributed by atoms with Crippen molar-refractivity contribution in [2.75, 3.05) is 20.1 Å². The smallest absolute Gasteiger partial charge is 0.315 e. The molecule has 2 heterocycles. The molecule has 52 heavy (non-hydrogen) atoms. The lowest BCUT2D eigenvalue weighted by atomic mass is 9.80. The Morgan fingerprint density at radius 3 is 2.31 bits per heavy atom. The number of nitrogens with one attached hydrogen (secondary N) is 5. The average Bonchev–Trinajstić information content (AvgIpc) is 3.47. The molecule has 0 radical (unpaired) electrons. The van der Waals surface area contributed by atoms with Crippen molar-refractivity contribution in [1.29, 1.82) is 0 Å². The van der Waals surface area contributed by atoms with Gasteiger partial charge in [0, 0.05) is 37.6 Å². The Labute approximate surface area is 314 Å². The van der Waals surface area contributed by atoms with Crippen molar-refractivity contribution in [3.05, 3.63) is 16.3 Å². The van der Waals surface area contributed by atoms with Crippen molar-refractivity contribution in [3.63, 3.8) is 0 Å². The average molecular weight is 763 g/mol. The number of urea groups is 1. The predicted molar refractivity (Wildman–Crippen MR) is 200 cm³/mol. The minimum Gasteiger partial charge on any atom is -0.353 e. The molecule has 3 saturated carbocycles. The highest BCUT2D eigenvalue weighted by Crippen LogP contribution is 2.65. The summed E-state index contributed by atoms with van der Waals surface area (Å²) in [6.07, 6.45) is 7.86. The van der Waals surface area contributed by atoms with Crippen LogP contribution in [0.2, 0.25) is 0 Å². The fourth-order valence-corrected chi connectivity index (χ4v) is 10.2. The second kappa shape index (κ2) is 16.6. The van der Waals surface area contributed by atoms with Gasteiger partial charge in [-0.2, -0.15) is 0 Å². The zero-order chi connectivity index (χ0) is 38.0.